The molecule has 116 valence electrons. The first-order chi connectivity index (χ1) is 10.7. The number of likely N-dealkylation sites (tertiary alicyclic amines) is 1. The van der Waals surface area contributed by atoms with Crippen molar-refractivity contribution in [1.82, 2.24) is 4.90 Å². The first-order valence-electron chi connectivity index (χ1n) is 7.56. The van der Waals surface area contributed by atoms with Gasteiger partial charge in [-0.3, -0.25) is 4.79 Å². The molecular formula is C18H21NO3. The zero-order chi connectivity index (χ0) is 15.6. The van der Waals surface area contributed by atoms with E-state index in [1.807, 2.05) is 47.4 Å². The maximum absolute atomic E-state index is 12.8. The Bertz CT molecular complexity index is 664. The molecule has 0 aliphatic carbocycles. The van der Waals surface area contributed by atoms with Crippen molar-refractivity contribution >= 4 is 16.7 Å². The summed E-state index contributed by atoms with van der Waals surface area (Å²) in [4.78, 5) is 14.7. The summed E-state index contributed by atoms with van der Waals surface area (Å²) in [5, 5.41) is 2.10. The molecule has 2 aromatic rings. The van der Waals surface area contributed by atoms with Crippen LogP contribution in [0, 0.1) is 0 Å². The van der Waals surface area contributed by atoms with Crippen molar-refractivity contribution in [3.63, 3.8) is 0 Å². The summed E-state index contributed by atoms with van der Waals surface area (Å²) in [6.45, 7) is 1.29. The molecule has 1 aliphatic heterocycles. The Morgan fingerprint density at radius 1 is 1.00 bits per heavy atom. The van der Waals surface area contributed by atoms with E-state index in [1.165, 1.54) is 0 Å². The highest BCUT2D eigenvalue weighted by atomic mass is 16.7. The van der Waals surface area contributed by atoms with Gasteiger partial charge in [-0.2, -0.15) is 0 Å². The molecule has 0 saturated carbocycles. The van der Waals surface area contributed by atoms with Crippen LogP contribution in [0.2, 0.25) is 0 Å². The molecule has 4 nitrogen and oxygen atoms in total. The van der Waals surface area contributed by atoms with E-state index in [2.05, 4.69) is 0 Å². The van der Waals surface area contributed by atoms with Crippen molar-refractivity contribution < 1.29 is 14.3 Å². The van der Waals surface area contributed by atoms with Gasteiger partial charge in [0.15, 0.2) is 5.79 Å². The van der Waals surface area contributed by atoms with Gasteiger partial charge in [0.1, 0.15) is 0 Å². The molecule has 2 aromatic carbocycles. The summed E-state index contributed by atoms with van der Waals surface area (Å²) in [6.07, 6.45) is 1.38. The van der Waals surface area contributed by atoms with Gasteiger partial charge in [0, 0.05) is 45.7 Å². The Labute approximate surface area is 130 Å². The molecule has 1 fully saturated rings. The minimum atomic E-state index is -0.546. The molecule has 1 aliphatic rings. The average Bonchev–Trinajstić information content (AvgIpc) is 2.60. The van der Waals surface area contributed by atoms with E-state index in [1.54, 1.807) is 14.2 Å². The number of piperidine rings is 1. The minimum absolute atomic E-state index is 0.0811. The first kappa shape index (κ1) is 15.0. The summed E-state index contributed by atoms with van der Waals surface area (Å²) in [6, 6.07) is 13.9. The third-order valence-electron chi connectivity index (χ3n) is 4.58. The van der Waals surface area contributed by atoms with E-state index in [0.717, 1.165) is 16.3 Å². The summed E-state index contributed by atoms with van der Waals surface area (Å²) in [5.74, 6) is -0.465. The lowest BCUT2D eigenvalue weighted by molar-refractivity contribution is -0.226. The summed E-state index contributed by atoms with van der Waals surface area (Å²) in [5.41, 5.74) is 0.764. The Balaban J connectivity index is 1.83. The molecule has 22 heavy (non-hydrogen) atoms. The smallest absolute Gasteiger partial charge is 0.254 e. The summed E-state index contributed by atoms with van der Waals surface area (Å²) in [7, 11) is 3.32. The lowest BCUT2D eigenvalue weighted by atomic mass is 10.00. The van der Waals surface area contributed by atoms with Crippen LogP contribution in [-0.4, -0.2) is 43.9 Å². The molecule has 1 amide bonds. The number of hydrogen-bond acceptors (Lipinski definition) is 3. The number of nitrogens with zero attached hydrogens (tertiary/aromatic N) is 1. The van der Waals surface area contributed by atoms with E-state index in [-0.39, 0.29) is 5.91 Å². The van der Waals surface area contributed by atoms with Crippen LogP contribution in [0.3, 0.4) is 0 Å². The Kier molecular flexibility index (Phi) is 4.14. The molecule has 0 radical (unpaired) electrons. The molecular weight excluding hydrogens is 278 g/mol. The third kappa shape index (κ3) is 2.60. The third-order valence-corrected chi connectivity index (χ3v) is 4.58. The van der Waals surface area contributed by atoms with Crippen molar-refractivity contribution in [2.24, 2.45) is 0 Å². The number of hydrogen-bond donors (Lipinski definition) is 0. The van der Waals surface area contributed by atoms with Gasteiger partial charge in [-0.05, 0) is 16.8 Å². The second kappa shape index (κ2) is 6.07. The maximum Gasteiger partial charge on any atom is 0.254 e. The second-order valence-corrected chi connectivity index (χ2v) is 5.64. The number of ether oxygens (including phenoxy) is 2. The maximum atomic E-state index is 12.8. The van der Waals surface area contributed by atoms with Crippen LogP contribution in [-0.2, 0) is 9.47 Å². The predicted molar refractivity (Wildman–Crippen MR) is 85.8 cm³/mol. The molecule has 0 bridgehead atoms. The number of benzene rings is 2. The molecule has 0 N–H and O–H groups in total. The molecule has 4 heteroatoms. The topological polar surface area (TPSA) is 38.8 Å². The van der Waals surface area contributed by atoms with Gasteiger partial charge in [0.2, 0.25) is 0 Å². The lowest BCUT2D eigenvalue weighted by Crippen LogP contribution is -2.48. The SMILES string of the molecule is COC1(OC)CCN(C(=O)c2cccc3ccccc23)CC1. The number of carbonyl (C=O) groups is 1. The zero-order valence-corrected chi connectivity index (χ0v) is 13.0. The van der Waals surface area contributed by atoms with Gasteiger partial charge in [-0.25, -0.2) is 0 Å². The van der Waals surface area contributed by atoms with Crippen molar-refractivity contribution in [3.8, 4) is 0 Å². The standard InChI is InChI=1S/C18H21NO3/c1-21-18(22-2)10-12-19(13-11-18)17(20)16-9-5-7-14-6-3-4-8-15(14)16/h3-9H,10-13H2,1-2H3. The minimum Gasteiger partial charge on any atom is -0.353 e. The van der Waals surface area contributed by atoms with Crippen LogP contribution < -0.4 is 0 Å². The molecule has 1 heterocycles. The van der Waals surface area contributed by atoms with Crippen LogP contribution in [0.15, 0.2) is 42.5 Å². The van der Waals surface area contributed by atoms with Gasteiger partial charge in [-0.15, -0.1) is 0 Å². The normalized spacial score (nSPS) is 17.6. The average molecular weight is 299 g/mol. The molecule has 0 atom stereocenters. The van der Waals surface area contributed by atoms with Crippen molar-refractivity contribution in [1.29, 1.82) is 0 Å². The second-order valence-electron chi connectivity index (χ2n) is 5.64. The molecule has 0 aromatic heterocycles. The summed E-state index contributed by atoms with van der Waals surface area (Å²) >= 11 is 0. The van der Waals surface area contributed by atoms with E-state index in [9.17, 15) is 4.79 Å². The highest BCUT2D eigenvalue weighted by Crippen LogP contribution is 2.28. The Hall–Kier alpha value is -1.91. The fourth-order valence-electron chi connectivity index (χ4n) is 3.12. The Morgan fingerprint density at radius 2 is 1.64 bits per heavy atom. The number of methoxy groups -OCH3 is 2. The van der Waals surface area contributed by atoms with Gasteiger partial charge in [0.25, 0.3) is 5.91 Å². The molecule has 0 unspecified atom stereocenters. The molecule has 3 rings (SSSR count). The number of carbonyl (C=O) groups excluding carboxylic acids is 1. The fraction of sp³-hybridized carbons (Fsp3) is 0.389. The largest absolute Gasteiger partial charge is 0.353 e. The van der Waals surface area contributed by atoms with E-state index < -0.39 is 5.79 Å². The molecule has 1 saturated heterocycles. The van der Waals surface area contributed by atoms with Crippen LogP contribution in [0.1, 0.15) is 23.2 Å². The van der Waals surface area contributed by atoms with Crippen LogP contribution >= 0.6 is 0 Å². The van der Waals surface area contributed by atoms with E-state index in [4.69, 9.17) is 9.47 Å². The van der Waals surface area contributed by atoms with E-state index in [0.29, 0.717) is 25.9 Å². The van der Waals surface area contributed by atoms with Crippen LogP contribution in [0.25, 0.3) is 10.8 Å². The van der Waals surface area contributed by atoms with Gasteiger partial charge < -0.3 is 14.4 Å². The Morgan fingerprint density at radius 3 is 2.32 bits per heavy atom. The number of rotatable bonds is 3. The quantitative estimate of drug-likeness (QED) is 0.818. The predicted octanol–water partition coefficient (Wildman–Crippen LogP) is 3.06. The van der Waals surface area contributed by atoms with Crippen molar-refractivity contribution in [2.45, 2.75) is 18.6 Å². The van der Waals surface area contributed by atoms with Gasteiger partial charge in [-0.1, -0.05) is 36.4 Å². The van der Waals surface area contributed by atoms with Gasteiger partial charge >= 0.3 is 0 Å². The van der Waals surface area contributed by atoms with Crippen LogP contribution in [0.5, 0.6) is 0 Å². The lowest BCUT2D eigenvalue weighted by Gasteiger charge is -2.39. The monoisotopic (exact) mass is 299 g/mol. The van der Waals surface area contributed by atoms with Crippen molar-refractivity contribution in [2.75, 3.05) is 27.3 Å². The molecule has 0 spiro atoms. The van der Waals surface area contributed by atoms with E-state index >= 15 is 0 Å². The summed E-state index contributed by atoms with van der Waals surface area (Å²) < 4.78 is 10.9. The number of amides is 1. The van der Waals surface area contributed by atoms with Crippen molar-refractivity contribution in [3.05, 3.63) is 48.0 Å². The van der Waals surface area contributed by atoms with Crippen LogP contribution in [0.4, 0.5) is 0 Å². The highest BCUT2D eigenvalue weighted by Gasteiger charge is 2.36. The number of fused-ring (bicyclic) bond motifs is 1. The fourth-order valence-corrected chi connectivity index (χ4v) is 3.12. The zero-order valence-electron chi connectivity index (χ0n) is 13.0. The first-order valence-corrected chi connectivity index (χ1v) is 7.56. The van der Waals surface area contributed by atoms with Gasteiger partial charge in [0.05, 0.1) is 0 Å². The highest BCUT2D eigenvalue weighted by molar-refractivity contribution is 6.07.